The highest BCUT2D eigenvalue weighted by Crippen LogP contribution is 2.21. The van der Waals surface area contributed by atoms with Gasteiger partial charge in [-0.25, -0.2) is 0 Å². The first kappa shape index (κ1) is 21.6. The smallest absolute Gasteiger partial charge is 0.257 e. The Hall–Kier alpha value is -2.68. The largest absolute Gasteiger partial charge is 0.361 e. The molecule has 1 aromatic carbocycles. The fourth-order valence-corrected chi connectivity index (χ4v) is 2.82. The molecular weight excluding hydrogens is 378 g/mol. The molecule has 4 N–H and O–H groups in total. The van der Waals surface area contributed by atoms with E-state index in [9.17, 15) is 14.4 Å². The molecule has 1 aromatic rings. The van der Waals surface area contributed by atoms with Crippen LogP contribution in [0.2, 0.25) is 0 Å². The second-order valence-electron chi connectivity index (χ2n) is 6.99. The number of benzene rings is 1. The van der Waals surface area contributed by atoms with E-state index in [0.29, 0.717) is 29.6 Å². The highest BCUT2D eigenvalue weighted by atomic mass is 32.1. The molecule has 0 radical (unpaired) electrons. The van der Waals surface area contributed by atoms with Gasteiger partial charge in [-0.15, -0.1) is 0 Å². The van der Waals surface area contributed by atoms with Crippen LogP contribution in [0.3, 0.4) is 0 Å². The molecule has 1 saturated heterocycles. The van der Waals surface area contributed by atoms with Crippen molar-refractivity contribution in [3.8, 4) is 0 Å². The van der Waals surface area contributed by atoms with E-state index in [1.165, 1.54) is 0 Å². The molecule has 0 bridgehead atoms. The molecular formula is C19H27N5O3S. The monoisotopic (exact) mass is 405 g/mol. The summed E-state index contributed by atoms with van der Waals surface area (Å²) in [4.78, 5) is 37.4. The molecule has 1 fully saturated rings. The Kier molecular flexibility index (Phi) is 8.19. The third-order valence-electron chi connectivity index (χ3n) is 4.25. The van der Waals surface area contributed by atoms with Crippen LogP contribution in [0.1, 0.15) is 43.5 Å². The number of amides is 3. The van der Waals surface area contributed by atoms with Gasteiger partial charge in [0.1, 0.15) is 0 Å². The van der Waals surface area contributed by atoms with E-state index in [0.717, 1.165) is 25.1 Å². The molecule has 0 spiro atoms. The fraction of sp³-hybridized carbons (Fsp3) is 0.474. The molecule has 3 amide bonds. The van der Waals surface area contributed by atoms with Crippen molar-refractivity contribution in [1.29, 1.82) is 0 Å². The maximum atomic E-state index is 12.2. The summed E-state index contributed by atoms with van der Waals surface area (Å²) in [5.41, 5.74) is 6.22. The molecule has 9 heteroatoms. The standard InChI is InChI=1S/C19H27N5O3S/c1-13(2)9-10-20-19(28)23-22-16(25)12-21-18(27)14-5-7-15(8-6-14)24-11-3-4-17(24)26/h5-8,13H,3-4,9-12H2,1-2H3,(H,21,27)(H,22,25)(H2,20,23,28). The first-order chi connectivity index (χ1) is 13.4. The molecule has 0 unspecified atom stereocenters. The van der Waals surface area contributed by atoms with Crippen LogP contribution in [0.4, 0.5) is 5.69 Å². The van der Waals surface area contributed by atoms with Crippen molar-refractivity contribution in [2.45, 2.75) is 33.1 Å². The Labute approximate surface area is 170 Å². The summed E-state index contributed by atoms with van der Waals surface area (Å²) >= 11 is 5.05. The number of carbonyl (C=O) groups excluding carboxylic acids is 3. The van der Waals surface area contributed by atoms with Gasteiger partial charge in [-0.2, -0.15) is 0 Å². The summed E-state index contributed by atoms with van der Waals surface area (Å²) in [7, 11) is 0. The third-order valence-corrected chi connectivity index (χ3v) is 4.49. The third kappa shape index (κ3) is 6.80. The van der Waals surface area contributed by atoms with E-state index in [1.807, 2.05) is 0 Å². The summed E-state index contributed by atoms with van der Waals surface area (Å²) < 4.78 is 0. The van der Waals surface area contributed by atoms with Gasteiger partial charge in [0.25, 0.3) is 11.8 Å². The Bertz CT molecular complexity index is 721. The van der Waals surface area contributed by atoms with Crippen LogP contribution in [0.25, 0.3) is 0 Å². The summed E-state index contributed by atoms with van der Waals surface area (Å²) in [6.07, 6.45) is 2.37. The Morgan fingerprint density at radius 3 is 2.46 bits per heavy atom. The molecule has 28 heavy (non-hydrogen) atoms. The van der Waals surface area contributed by atoms with Crippen LogP contribution in [-0.4, -0.2) is 42.5 Å². The SMILES string of the molecule is CC(C)CCNC(=S)NNC(=O)CNC(=O)c1ccc(N2CCCC2=O)cc1. The molecule has 1 heterocycles. The van der Waals surface area contributed by atoms with Crippen LogP contribution in [0.15, 0.2) is 24.3 Å². The number of rotatable bonds is 7. The Morgan fingerprint density at radius 2 is 1.86 bits per heavy atom. The van der Waals surface area contributed by atoms with Gasteiger partial charge in [0.05, 0.1) is 6.54 Å². The van der Waals surface area contributed by atoms with E-state index in [1.54, 1.807) is 29.2 Å². The van der Waals surface area contributed by atoms with Crippen LogP contribution in [0.5, 0.6) is 0 Å². The minimum atomic E-state index is -0.416. The van der Waals surface area contributed by atoms with E-state index in [-0.39, 0.29) is 18.4 Å². The lowest BCUT2D eigenvalue weighted by Gasteiger charge is -2.16. The second kappa shape index (κ2) is 10.6. The second-order valence-corrected chi connectivity index (χ2v) is 7.40. The number of hydrogen-bond acceptors (Lipinski definition) is 4. The number of carbonyl (C=O) groups is 3. The van der Waals surface area contributed by atoms with Gasteiger partial charge in [-0.05, 0) is 55.2 Å². The molecule has 1 aliphatic rings. The summed E-state index contributed by atoms with van der Waals surface area (Å²) in [6, 6.07) is 6.75. The van der Waals surface area contributed by atoms with Gasteiger partial charge in [-0.3, -0.25) is 25.2 Å². The first-order valence-electron chi connectivity index (χ1n) is 9.38. The number of hydrogen-bond donors (Lipinski definition) is 4. The van der Waals surface area contributed by atoms with Crippen molar-refractivity contribution >= 4 is 40.7 Å². The van der Waals surface area contributed by atoms with Gasteiger partial charge >= 0.3 is 0 Å². The molecule has 2 rings (SSSR count). The predicted octanol–water partition coefficient (Wildman–Crippen LogP) is 1.08. The molecule has 0 aromatic heterocycles. The van der Waals surface area contributed by atoms with Crippen LogP contribution < -0.4 is 26.4 Å². The van der Waals surface area contributed by atoms with Crippen molar-refractivity contribution < 1.29 is 14.4 Å². The fourth-order valence-electron chi connectivity index (χ4n) is 2.67. The normalized spacial score (nSPS) is 13.4. The van der Waals surface area contributed by atoms with E-state index >= 15 is 0 Å². The highest BCUT2D eigenvalue weighted by Gasteiger charge is 2.21. The van der Waals surface area contributed by atoms with Crippen molar-refractivity contribution in [3.05, 3.63) is 29.8 Å². The lowest BCUT2D eigenvalue weighted by atomic mass is 10.1. The lowest BCUT2D eigenvalue weighted by molar-refractivity contribution is -0.120. The minimum Gasteiger partial charge on any atom is -0.361 e. The van der Waals surface area contributed by atoms with Crippen molar-refractivity contribution in [3.63, 3.8) is 0 Å². The number of nitrogens with one attached hydrogen (secondary N) is 4. The van der Waals surface area contributed by atoms with E-state index in [4.69, 9.17) is 12.2 Å². The quantitative estimate of drug-likeness (QED) is 0.400. The van der Waals surface area contributed by atoms with Gasteiger partial charge in [-0.1, -0.05) is 13.8 Å². The minimum absolute atomic E-state index is 0.0954. The van der Waals surface area contributed by atoms with Crippen molar-refractivity contribution in [2.24, 2.45) is 5.92 Å². The summed E-state index contributed by atoms with van der Waals surface area (Å²) in [5, 5.41) is 5.85. The molecule has 0 atom stereocenters. The van der Waals surface area contributed by atoms with Crippen molar-refractivity contribution in [1.82, 2.24) is 21.5 Å². The summed E-state index contributed by atoms with van der Waals surface area (Å²) in [5.74, 6) is -0.129. The zero-order valence-corrected chi connectivity index (χ0v) is 17.0. The first-order valence-corrected chi connectivity index (χ1v) is 9.79. The van der Waals surface area contributed by atoms with E-state index in [2.05, 4.69) is 35.3 Å². The van der Waals surface area contributed by atoms with Crippen LogP contribution >= 0.6 is 12.2 Å². The zero-order chi connectivity index (χ0) is 20.5. The van der Waals surface area contributed by atoms with Gasteiger partial charge in [0, 0.05) is 30.8 Å². The molecule has 1 aliphatic heterocycles. The van der Waals surface area contributed by atoms with E-state index < -0.39 is 5.91 Å². The molecule has 152 valence electrons. The molecule has 8 nitrogen and oxygen atoms in total. The van der Waals surface area contributed by atoms with Crippen LogP contribution in [-0.2, 0) is 9.59 Å². The molecule has 0 aliphatic carbocycles. The van der Waals surface area contributed by atoms with Crippen LogP contribution in [0, 0.1) is 5.92 Å². The molecule has 0 saturated carbocycles. The van der Waals surface area contributed by atoms with Gasteiger partial charge in [0.2, 0.25) is 5.91 Å². The average molecular weight is 406 g/mol. The summed E-state index contributed by atoms with van der Waals surface area (Å²) in [6.45, 7) is 5.46. The van der Waals surface area contributed by atoms with Crippen molar-refractivity contribution in [2.75, 3.05) is 24.5 Å². The Balaban J connectivity index is 1.70. The topological polar surface area (TPSA) is 103 Å². The number of hydrazine groups is 1. The maximum Gasteiger partial charge on any atom is 0.257 e. The highest BCUT2D eigenvalue weighted by molar-refractivity contribution is 7.80. The Morgan fingerprint density at radius 1 is 1.14 bits per heavy atom. The lowest BCUT2D eigenvalue weighted by Crippen LogP contribution is -2.49. The predicted molar refractivity (Wildman–Crippen MR) is 112 cm³/mol. The van der Waals surface area contributed by atoms with Gasteiger partial charge in [0.15, 0.2) is 5.11 Å². The number of anilines is 1. The average Bonchev–Trinajstić information content (AvgIpc) is 3.10. The number of nitrogens with zero attached hydrogens (tertiary/aromatic N) is 1. The zero-order valence-electron chi connectivity index (χ0n) is 16.2. The number of thiocarbonyl (C=S) groups is 1. The maximum absolute atomic E-state index is 12.2. The van der Waals surface area contributed by atoms with Gasteiger partial charge < -0.3 is 15.5 Å².